The number of nitrogens with one attached hydrogen (secondary N) is 4. The maximum absolute atomic E-state index is 13.0. The highest BCUT2D eigenvalue weighted by Gasteiger charge is 2.25. The number of amides is 4. The van der Waals surface area contributed by atoms with Crippen molar-refractivity contribution >= 4 is 57.9 Å². The fraction of sp³-hybridized carbons (Fsp3) is 0.444. The van der Waals surface area contributed by atoms with Crippen LogP contribution in [0.4, 0.5) is 22.7 Å². The number of carbonyl (C=O) groups is 6. The van der Waals surface area contributed by atoms with Crippen molar-refractivity contribution in [3.63, 3.8) is 0 Å². The minimum Gasteiger partial charge on any atom is -0.381 e. The third-order valence-corrected chi connectivity index (χ3v) is 11.4. The van der Waals surface area contributed by atoms with Gasteiger partial charge in [-0.1, -0.05) is 64.8 Å². The number of anilines is 2. The summed E-state index contributed by atoms with van der Waals surface area (Å²) in [5.74, 6) is -1.88. The number of hydrogen-bond acceptors (Lipinski definition) is 13. The van der Waals surface area contributed by atoms with Crippen LogP contribution in [-0.2, 0) is 28.7 Å². The second-order valence-electron chi connectivity index (χ2n) is 17.3. The zero-order chi connectivity index (χ0) is 51.4. The minimum atomic E-state index is -1.38. The van der Waals surface area contributed by atoms with Crippen LogP contribution in [-0.4, -0.2) is 111 Å². The maximum atomic E-state index is 13.0. The van der Waals surface area contributed by atoms with Crippen LogP contribution < -0.4 is 21.3 Å². The van der Waals surface area contributed by atoms with E-state index in [1.807, 2.05) is 6.92 Å². The predicted molar refractivity (Wildman–Crippen MR) is 277 cm³/mol. The highest BCUT2D eigenvalue weighted by molar-refractivity contribution is 6.11. The zero-order valence-corrected chi connectivity index (χ0v) is 42.1. The van der Waals surface area contributed by atoms with Gasteiger partial charge in [0.15, 0.2) is 11.6 Å². The Bertz CT molecular complexity index is 2350. The van der Waals surface area contributed by atoms with Crippen LogP contribution in [0.2, 0.25) is 0 Å². The van der Waals surface area contributed by atoms with Crippen molar-refractivity contribution in [3.05, 3.63) is 108 Å². The van der Waals surface area contributed by atoms with E-state index in [0.717, 1.165) is 88.8 Å². The first kappa shape index (κ1) is 56.8. The highest BCUT2D eigenvalue weighted by atomic mass is 16.5. The Morgan fingerprint density at radius 3 is 1.46 bits per heavy atom. The summed E-state index contributed by atoms with van der Waals surface area (Å²) in [4.78, 5) is 77.8. The molecule has 1 saturated heterocycles. The van der Waals surface area contributed by atoms with Crippen LogP contribution in [0, 0.1) is 5.92 Å². The molecule has 1 aliphatic rings. The van der Waals surface area contributed by atoms with Gasteiger partial charge in [0.05, 0.1) is 24.6 Å². The molecule has 2 unspecified atom stereocenters. The Hall–Kier alpha value is -6.82. The van der Waals surface area contributed by atoms with Gasteiger partial charge in [0.2, 0.25) is 12.1 Å². The number of Topliss-reactive ketones (excluding diaryl/α,β-unsaturated/α-hetero) is 2. The molecule has 5 rings (SSSR count). The Morgan fingerprint density at radius 1 is 0.606 bits per heavy atom. The number of ether oxygens (including phenoxy) is 2. The molecule has 0 bridgehead atoms. The maximum Gasteiger partial charge on any atom is 0.258 e. The van der Waals surface area contributed by atoms with Gasteiger partial charge in [0, 0.05) is 61.9 Å². The lowest BCUT2D eigenvalue weighted by Crippen LogP contribution is -2.38. The molecule has 1 heterocycles. The monoisotopic (exact) mass is 974 g/mol. The molecule has 3 atom stereocenters. The van der Waals surface area contributed by atoms with Gasteiger partial charge in [0.1, 0.15) is 0 Å². The van der Waals surface area contributed by atoms with Crippen molar-refractivity contribution in [3.8, 4) is 11.1 Å². The van der Waals surface area contributed by atoms with E-state index < -0.39 is 35.5 Å². The number of morpholine rings is 1. The first-order chi connectivity index (χ1) is 34.3. The number of nitrogens with zero attached hydrogens (tertiary/aromatic N) is 5. The lowest BCUT2D eigenvalue weighted by molar-refractivity contribution is -0.127. The Balaban J connectivity index is 0.000000984. The molecule has 4 N–H and O–H groups in total. The summed E-state index contributed by atoms with van der Waals surface area (Å²) in [5.41, 5.74) is 4.22. The molecule has 17 nitrogen and oxygen atoms in total. The molecule has 1 fully saturated rings. The van der Waals surface area contributed by atoms with E-state index in [0.29, 0.717) is 47.0 Å². The lowest BCUT2D eigenvalue weighted by atomic mass is 10.1. The average molecular weight is 974 g/mol. The van der Waals surface area contributed by atoms with Crippen LogP contribution in [0.15, 0.2) is 118 Å². The fourth-order valence-corrected chi connectivity index (χ4v) is 6.80. The third-order valence-electron chi connectivity index (χ3n) is 11.4. The summed E-state index contributed by atoms with van der Waals surface area (Å²) in [6.07, 6.45) is 6.30. The number of hydrogen-bond donors (Lipinski definition) is 4. The minimum absolute atomic E-state index is 0.204. The number of ketones is 2. The molecule has 17 heteroatoms. The molecule has 0 saturated carbocycles. The first-order valence-corrected chi connectivity index (χ1v) is 24.6. The van der Waals surface area contributed by atoms with Gasteiger partial charge in [0.25, 0.3) is 23.6 Å². The summed E-state index contributed by atoms with van der Waals surface area (Å²) in [6, 6.07) is 24.0. The molecule has 4 aromatic rings. The molecule has 4 aromatic carbocycles. The fourth-order valence-electron chi connectivity index (χ4n) is 6.80. The summed E-state index contributed by atoms with van der Waals surface area (Å²) < 4.78 is 10.7. The molecule has 4 amide bonds. The molecule has 0 aromatic heterocycles. The standard InChI is InChI=1S/C45H51N9O7.C9H20O/c1-4-5-23-46-42(57)34-11-15-36(16-12-34)48-44(59)40(30(2)55)52-50-38-19-7-32(8-20-38)33-9-21-39(22-10-33)51-53-41(31(3)56)45(60)49-37-17-13-35(14-18-37)43(58)47-24-6-25-54-26-28-61-29-27-54;1-4-7-10-8-6-9(3)5-2/h7-22,40-41H,4-6,23-29H2,1-3H3,(H,46,57)(H,47,58)(H,48,59)(H,49,60);9H,4-8H2,1-3H3/t;9-/m.1/s1. The van der Waals surface area contributed by atoms with E-state index in [1.54, 1.807) is 97.1 Å². The van der Waals surface area contributed by atoms with E-state index >= 15 is 0 Å². The number of benzene rings is 4. The van der Waals surface area contributed by atoms with Gasteiger partial charge in [-0.25, -0.2) is 0 Å². The van der Waals surface area contributed by atoms with Gasteiger partial charge >= 0.3 is 0 Å². The van der Waals surface area contributed by atoms with Gasteiger partial charge in [-0.3, -0.25) is 33.7 Å². The van der Waals surface area contributed by atoms with Crippen molar-refractivity contribution in [2.75, 3.05) is 69.8 Å². The summed E-state index contributed by atoms with van der Waals surface area (Å²) in [7, 11) is 0. The molecular weight excluding hydrogens is 903 g/mol. The number of azo groups is 2. The Morgan fingerprint density at radius 2 is 1.06 bits per heavy atom. The van der Waals surface area contributed by atoms with E-state index in [4.69, 9.17) is 9.47 Å². The van der Waals surface area contributed by atoms with Gasteiger partial charge in [-0.15, -0.1) is 0 Å². The molecule has 380 valence electrons. The topological polar surface area (TPSA) is 222 Å². The van der Waals surface area contributed by atoms with Gasteiger partial charge in [-0.2, -0.15) is 20.5 Å². The summed E-state index contributed by atoms with van der Waals surface area (Å²) >= 11 is 0. The Kier molecular flexibility index (Phi) is 25.1. The average Bonchev–Trinajstić information content (AvgIpc) is 3.37. The van der Waals surface area contributed by atoms with Crippen LogP contribution in [0.1, 0.15) is 101 Å². The molecule has 71 heavy (non-hydrogen) atoms. The molecular formula is C54H71N9O8. The van der Waals surface area contributed by atoms with E-state index in [9.17, 15) is 28.8 Å². The molecule has 0 radical (unpaired) electrons. The number of carbonyl (C=O) groups excluding carboxylic acids is 6. The zero-order valence-electron chi connectivity index (χ0n) is 42.1. The van der Waals surface area contributed by atoms with E-state index in [-0.39, 0.29) is 11.8 Å². The summed E-state index contributed by atoms with van der Waals surface area (Å²) in [5, 5.41) is 27.4. The first-order valence-electron chi connectivity index (χ1n) is 24.6. The van der Waals surface area contributed by atoms with Crippen LogP contribution in [0.3, 0.4) is 0 Å². The van der Waals surface area contributed by atoms with Crippen molar-refractivity contribution < 1.29 is 38.2 Å². The second-order valence-corrected chi connectivity index (χ2v) is 17.3. The smallest absolute Gasteiger partial charge is 0.258 e. The quantitative estimate of drug-likeness (QED) is 0.0267. The van der Waals surface area contributed by atoms with E-state index in [1.165, 1.54) is 26.7 Å². The Labute approximate surface area is 418 Å². The van der Waals surface area contributed by atoms with Gasteiger partial charge in [-0.05, 0) is 136 Å². The van der Waals surface area contributed by atoms with Gasteiger partial charge < -0.3 is 30.7 Å². The van der Waals surface area contributed by atoms with Crippen molar-refractivity contribution in [2.45, 2.75) is 92.2 Å². The number of unbranched alkanes of at least 4 members (excludes halogenated alkanes) is 1. The largest absolute Gasteiger partial charge is 0.381 e. The molecule has 0 aliphatic carbocycles. The van der Waals surface area contributed by atoms with Crippen LogP contribution in [0.5, 0.6) is 0 Å². The highest BCUT2D eigenvalue weighted by Crippen LogP contribution is 2.26. The van der Waals surface area contributed by atoms with Crippen molar-refractivity contribution in [1.29, 1.82) is 0 Å². The van der Waals surface area contributed by atoms with E-state index in [2.05, 4.69) is 67.4 Å². The normalized spacial score (nSPS) is 13.9. The van der Waals surface area contributed by atoms with Crippen molar-refractivity contribution in [2.24, 2.45) is 26.4 Å². The van der Waals surface area contributed by atoms with Crippen LogP contribution >= 0.6 is 0 Å². The number of rotatable bonds is 26. The molecule has 0 spiro atoms. The third kappa shape index (κ3) is 20.6. The second kappa shape index (κ2) is 31.4. The van der Waals surface area contributed by atoms with Crippen LogP contribution in [0.25, 0.3) is 11.1 Å². The lowest BCUT2D eigenvalue weighted by Gasteiger charge is -2.26. The predicted octanol–water partition coefficient (Wildman–Crippen LogP) is 9.54. The van der Waals surface area contributed by atoms with Crippen molar-refractivity contribution in [1.82, 2.24) is 15.5 Å². The molecule has 1 aliphatic heterocycles. The summed E-state index contributed by atoms with van der Waals surface area (Å²) in [6.45, 7) is 18.3. The SMILES string of the molecule is CCCCNC(=O)c1ccc(NC(=O)C(N=Nc2ccc(-c3ccc(N=NC(C(C)=O)C(=O)Nc4ccc(C(=O)NCCCN5CCOCC5)cc4)cc3)cc2)C(C)=O)cc1.CCCOCC[C@H](C)CC.